The summed E-state index contributed by atoms with van der Waals surface area (Å²) in [4.78, 5) is 10.1. The molecule has 0 aromatic heterocycles. The van der Waals surface area contributed by atoms with Crippen molar-refractivity contribution in [2.75, 3.05) is 12.4 Å². The Labute approximate surface area is 111 Å². The van der Waals surface area contributed by atoms with Crippen LogP contribution in [0.3, 0.4) is 0 Å². The molecular weight excluding hydrogens is 249 g/mol. The normalized spacial score (nSPS) is 23.1. The molecule has 5 nitrogen and oxygen atoms in total. The summed E-state index contributed by atoms with van der Waals surface area (Å²) in [5, 5.41) is 17.1. The van der Waals surface area contributed by atoms with Crippen LogP contribution in [0.2, 0.25) is 0 Å². The summed E-state index contributed by atoms with van der Waals surface area (Å²) in [6, 6.07) is 4.42. The highest BCUT2D eigenvalue weighted by atomic mass is 19.1. The van der Waals surface area contributed by atoms with Gasteiger partial charge in [0.2, 0.25) is 0 Å². The summed E-state index contributed by atoms with van der Waals surface area (Å²) in [6.07, 6.45) is 4.09. The number of hydrogen-bond acceptors (Lipinski definition) is 4. The SMILES string of the molecule is CNC1CCC(Nc2cc(F)cc([N+](=O)[O-])c2)CC1. The molecule has 1 aliphatic rings. The maximum Gasteiger partial charge on any atom is 0.274 e. The third-order valence-electron chi connectivity index (χ3n) is 3.60. The Hall–Kier alpha value is -1.69. The Morgan fingerprint density at radius 2 is 1.84 bits per heavy atom. The van der Waals surface area contributed by atoms with E-state index in [0.717, 1.165) is 31.7 Å². The van der Waals surface area contributed by atoms with Gasteiger partial charge in [-0.15, -0.1) is 0 Å². The highest BCUT2D eigenvalue weighted by Crippen LogP contribution is 2.25. The Balaban J connectivity index is 2.01. The van der Waals surface area contributed by atoms with Crippen molar-refractivity contribution >= 4 is 11.4 Å². The Bertz CT molecular complexity index is 459. The first-order valence-electron chi connectivity index (χ1n) is 6.47. The van der Waals surface area contributed by atoms with Gasteiger partial charge in [0, 0.05) is 23.8 Å². The molecule has 0 bridgehead atoms. The molecule has 1 aromatic carbocycles. The highest BCUT2D eigenvalue weighted by molar-refractivity contribution is 5.52. The van der Waals surface area contributed by atoms with Crippen molar-refractivity contribution in [3.8, 4) is 0 Å². The zero-order valence-electron chi connectivity index (χ0n) is 10.9. The van der Waals surface area contributed by atoms with Crippen molar-refractivity contribution in [2.24, 2.45) is 0 Å². The Morgan fingerprint density at radius 3 is 2.42 bits per heavy atom. The smallest absolute Gasteiger partial charge is 0.274 e. The molecule has 1 saturated carbocycles. The van der Waals surface area contributed by atoms with Gasteiger partial charge in [0.1, 0.15) is 5.82 Å². The molecule has 6 heteroatoms. The van der Waals surface area contributed by atoms with Crippen LogP contribution in [0.4, 0.5) is 15.8 Å². The van der Waals surface area contributed by atoms with Gasteiger partial charge in [0.25, 0.3) is 5.69 Å². The average molecular weight is 267 g/mol. The van der Waals surface area contributed by atoms with Crippen molar-refractivity contribution in [3.05, 3.63) is 34.1 Å². The molecule has 1 aromatic rings. The van der Waals surface area contributed by atoms with Gasteiger partial charge in [-0.2, -0.15) is 0 Å². The minimum atomic E-state index is -0.583. The third kappa shape index (κ3) is 3.64. The van der Waals surface area contributed by atoms with E-state index in [2.05, 4.69) is 10.6 Å². The summed E-state index contributed by atoms with van der Waals surface area (Å²) >= 11 is 0. The highest BCUT2D eigenvalue weighted by Gasteiger charge is 2.20. The number of rotatable bonds is 4. The minimum Gasteiger partial charge on any atom is -0.382 e. The van der Waals surface area contributed by atoms with Crippen LogP contribution < -0.4 is 10.6 Å². The first-order valence-corrected chi connectivity index (χ1v) is 6.47. The van der Waals surface area contributed by atoms with E-state index in [-0.39, 0.29) is 11.7 Å². The van der Waals surface area contributed by atoms with E-state index in [1.165, 1.54) is 12.1 Å². The molecule has 1 fully saturated rings. The van der Waals surface area contributed by atoms with Crippen molar-refractivity contribution in [1.29, 1.82) is 0 Å². The topological polar surface area (TPSA) is 67.2 Å². The van der Waals surface area contributed by atoms with Gasteiger partial charge in [-0.1, -0.05) is 0 Å². The van der Waals surface area contributed by atoms with Crippen LogP contribution in [-0.2, 0) is 0 Å². The molecule has 0 saturated heterocycles. The average Bonchev–Trinajstić information content (AvgIpc) is 2.39. The Kier molecular flexibility index (Phi) is 4.31. The molecule has 2 rings (SSSR count). The van der Waals surface area contributed by atoms with Crippen LogP contribution in [0.5, 0.6) is 0 Å². The molecule has 104 valence electrons. The molecule has 0 aliphatic heterocycles. The molecule has 0 radical (unpaired) electrons. The van der Waals surface area contributed by atoms with E-state index >= 15 is 0 Å². The van der Waals surface area contributed by atoms with Crippen LogP contribution in [0.15, 0.2) is 18.2 Å². The maximum atomic E-state index is 13.3. The van der Waals surface area contributed by atoms with Gasteiger partial charge < -0.3 is 10.6 Å². The van der Waals surface area contributed by atoms with Crippen LogP contribution >= 0.6 is 0 Å². The van der Waals surface area contributed by atoms with Gasteiger partial charge in [-0.25, -0.2) is 4.39 Å². The third-order valence-corrected chi connectivity index (χ3v) is 3.60. The lowest BCUT2D eigenvalue weighted by molar-refractivity contribution is -0.385. The number of nitro groups is 1. The second kappa shape index (κ2) is 5.97. The second-order valence-electron chi connectivity index (χ2n) is 4.94. The predicted octanol–water partition coefficient (Wildman–Crippen LogP) is 2.68. The van der Waals surface area contributed by atoms with Crippen molar-refractivity contribution in [3.63, 3.8) is 0 Å². The molecule has 19 heavy (non-hydrogen) atoms. The van der Waals surface area contributed by atoms with Gasteiger partial charge in [-0.3, -0.25) is 10.1 Å². The van der Waals surface area contributed by atoms with Gasteiger partial charge >= 0.3 is 0 Å². The zero-order valence-corrected chi connectivity index (χ0v) is 10.9. The van der Waals surface area contributed by atoms with Crippen molar-refractivity contribution < 1.29 is 9.31 Å². The lowest BCUT2D eigenvalue weighted by atomic mass is 9.91. The van der Waals surface area contributed by atoms with Crippen LogP contribution in [0.1, 0.15) is 25.7 Å². The fourth-order valence-corrected chi connectivity index (χ4v) is 2.53. The summed E-state index contributed by atoms with van der Waals surface area (Å²) in [7, 11) is 1.95. The fraction of sp³-hybridized carbons (Fsp3) is 0.538. The van der Waals surface area contributed by atoms with Gasteiger partial charge in [-0.05, 0) is 38.8 Å². The number of hydrogen-bond donors (Lipinski definition) is 2. The van der Waals surface area contributed by atoms with E-state index < -0.39 is 10.7 Å². The first kappa shape index (κ1) is 13.7. The quantitative estimate of drug-likeness (QED) is 0.650. The molecule has 1 aliphatic carbocycles. The van der Waals surface area contributed by atoms with Crippen LogP contribution in [-0.4, -0.2) is 24.1 Å². The molecule has 0 heterocycles. The number of benzene rings is 1. The van der Waals surface area contributed by atoms with E-state index in [4.69, 9.17) is 0 Å². The number of anilines is 1. The van der Waals surface area contributed by atoms with Gasteiger partial charge in [0.05, 0.1) is 11.0 Å². The number of nitrogens with zero attached hydrogens (tertiary/aromatic N) is 1. The second-order valence-corrected chi connectivity index (χ2v) is 4.94. The zero-order chi connectivity index (χ0) is 13.8. The molecule has 0 amide bonds. The largest absolute Gasteiger partial charge is 0.382 e. The predicted molar refractivity (Wildman–Crippen MR) is 71.8 cm³/mol. The summed E-state index contributed by atoms with van der Waals surface area (Å²) in [6.45, 7) is 0. The first-order chi connectivity index (χ1) is 9.08. The van der Waals surface area contributed by atoms with Gasteiger partial charge in [0.15, 0.2) is 0 Å². The molecule has 0 spiro atoms. The number of halogens is 1. The number of non-ortho nitro benzene ring substituents is 1. The molecule has 0 unspecified atom stereocenters. The molecule has 0 atom stereocenters. The summed E-state index contributed by atoms with van der Waals surface area (Å²) in [5.41, 5.74) is 0.269. The van der Waals surface area contributed by atoms with E-state index in [0.29, 0.717) is 11.7 Å². The number of nitro benzene ring substituents is 1. The van der Waals surface area contributed by atoms with E-state index in [1.54, 1.807) is 0 Å². The summed E-state index contributed by atoms with van der Waals surface area (Å²) in [5.74, 6) is -0.583. The van der Waals surface area contributed by atoms with Crippen LogP contribution in [0.25, 0.3) is 0 Å². The maximum absolute atomic E-state index is 13.3. The minimum absolute atomic E-state index is 0.216. The fourth-order valence-electron chi connectivity index (χ4n) is 2.53. The lowest BCUT2D eigenvalue weighted by Gasteiger charge is -2.29. The van der Waals surface area contributed by atoms with E-state index in [1.807, 2.05) is 7.05 Å². The van der Waals surface area contributed by atoms with Crippen LogP contribution in [0, 0.1) is 15.9 Å². The van der Waals surface area contributed by atoms with E-state index in [9.17, 15) is 14.5 Å². The number of nitrogens with one attached hydrogen (secondary N) is 2. The van der Waals surface area contributed by atoms with Crippen molar-refractivity contribution in [1.82, 2.24) is 5.32 Å². The molecular formula is C13H18FN3O2. The summed E-state index contributed by atoms with van der Waals surface area (Å²) < 4.78 is 13.3. The van der Waals surface area contributed by atoms with Crippen molar-refractivity contribution in [2.45, 2.75) is 37.8 Å². The monoisotopic (exact) mass is 267 g/mol. The molecule has 2 N–H and O–H groups in total. The Morgan fingerprint density at radius 1 is 1.21 bits per heavy atom. The lowest BCUT2D eigenvalue weighted by Crippen LogP contribution is -2.34. The standard InChI is InChI=1S/C13H18FN3O2/c1-15-10-2-4-11(5-3-10)16-12-6-9(14)7-13(8-12)17(18)19/h6-8,10-11,15-16H,2-5H2,1H3.